The molecule has 2 fully saturated rings. The Hall–Kier alpha value is -0.830. The van der Waals surface area contributed by atoms with Gasteiger partial charge in [0.25, 0.3) is 0 Å². The van der Waals surface area contributed by atoms with E-state index >= 15 is 0 Å². The van der Waals surface area contributed by atoms with Crippen LogP contribution < -0.4 is 0 Å². The summed E-state index contributed by atoms with van der Waals surface area (Å²) < 4.78 is 10.4. The first-order valence-corrected chi connectivity index (χ1v) is 6.62. The van der Waals surface area contributed by atoms with Gasteiger partial charge >= 0.3 is 0 Å². The van der Waals surface area contributed by atoms with Gasteiger partial charge in [0, 0.05) is 0 Å². The fraction of sp³-hybridized carbons (Fsp3) is 0.917. The van der Waals surface area contributed by atoms with E-state index in [4.69, 9.17) is 14.6 Å². The minimum absolute atomic E-state index is 0.0147. The van der Waals surface area contributed by atoms with E-state index in [0.29, 0.717) is 0 Å². The summed E-state index contributed by atoms with van der Waals surface area (Å²) in [6, 6.07) is 1.75. The molecule has 9 heteroatoms. The van der Waals surface area contributed by atoms with E-state index in [1.165, 1.54) is 0 Å². The second kappa shape index (κ2) is 6.12. The molecule has 8 atom stereocenters. The molecule has 6 N–H and O–H groups in total. The normalized spacial score (nSPS) is 50.8. The van der Waals surface area contributed by atoms with Crippen molar-refractivity contribution in [3.63, 3.8) is 0 Å². The molecule has 21 heavy (non-hydrogen) atoms. The highest BCUT2D eigenvalue weighted by atomic mass is 16.7. The van der Waals surface area contributed by atoms with Gasteiger partial charge in [0.1, 0.15) is 36.6 Å². The molecule has 1 aliphatic heterocycles. The minimum Gasteiger partial charge on any atom is -0.394 e. The summed E-state index contributed by atoms with van der Waals surface area (Å²) in [6.45, 7) is -0.629. The molecule has 2 aliphatic rings. The molecule has 120 valence electrons. The molecule has 0 spiro atoms. The van der Waals surface area contributed by atoms with Crippen LogP contribution in [0, 0.1) is 11.3 Å². The minimum atomic E-state index is -1.78. The van der Waals surface area contributed by atoms with Gasteiger partial charge in [-0.05, 0) is 12.8 Å². The van der Waals surface area contributed by atoms with Crippen molar-refractivity contribution in [2.75, 3.05) is 6.61 Å². The summed E-state index contributed by atoms with van der Waals surface area (Å²) in [4.78, 5) is 0. The summed E-state index contributed by atoms with van der Waals surface area (Å²) in [7, 11) is 0. The number of ether oxygens (including phenoxy) is 2. The predicted molar refractivity (Wildman–Crippen MR) is 64.4 cm³/mol. The highest BCUT2D eigenvalue weighted by molar-refractivity contribution is 5.14. The zero-order valence-electron chi connectivity index (χ0n) is 11.1. The summed E-state index contributed by atoms with van der Waals surface area (Å²) in [5.74, 6) is 0. The zero-order valence-corrected chi connectivity index (χ0v) is 11.1. The van der Waals surface area contributed by atoms with Crippen LogP contribution in [0.4, 0.5) is 0 Å². The number of nitrogens with zero attached hydrogens (tertiary/aromatic N) is 1. The van der Waals surface area contributed by atoms with Gasteiger partial charge in [-0.25, -0.2) is 0 Å². The third-order valence-electron chi connectivity index (χ3n) is 4.02. The lowest BCUT2D eigenvalue weighted by Gasteiger charge is -2.42. The second-order valence-electron chi connectivity index (χ2n) is 5.37. The van der Waals surface area contributed by atoms with Crippen LogP contribution in [-0.4, -0.2) is 85.8 Å². The van der Waals surface area contributed by atoms with Crippen molar-refractivity contribution in [3.05, 3.63) is 0 Å². The highest BCUT2D eigenvalue weighted by Gasteiger charge is 2.54. The van der Waals surface area contributed by atoms with Crippen LogP contribution in [0.2, 0.25) is 0 Å². The van der Waals surface area contributed by atoms with E-state index in [-0.39, 0.29) is 12.8 Å². The maximum absolute atomic E-state index is 9.87. The average Bonchev–Trinajstić information content (AvgIpc) is 2.77. The van der Waals surface area contributed by atoms with Crippen LogP contribution in [0.1, 0.15) is 12.8 Å². The SMILES string of the molecule is N#C[C@@]1(O[C@@H]2O[C@H](CO)[C@@H](O)[C@H](O)[C@H]2O)CC[C@H](O)[C@H]1O. The maximum atomic E-state index is 9.87. The maximum Gasteiger partial charge on any atom is 0.188 e. The predicted octanol–water partition coefficient (Wildman–Crippen LogP) is -3.42. The van der Waals surface area contributed by atoms with Crippen molar-refractivity contribution in [2.45, 2.75) is 61.4 Å². The zero-order chi connectivity index (χ0) is 15.8. The number of aliphatic hydroxyl groups is 6. The van der Waals surface area contributed by atoms with Gasteiger partial charge in [0.15, 0.2) is 11.9 Å². The average molecular weight is 305 g/mol. The van der Waals surface area contributed by atoms with Crippen molar-refractivity contribution in [2.24, 2.45) is 0 Å². The third-order valence-corrected chi connectivity index (χ3v) is 4.02. The molecule has 2 rings (SSSR count). The Kier molecular flexibility index (Phi) is 4.82. The van der Waals surface area contributed by atoms with E-state index in [0.717, 1.165) is 0 Å². The topological polar surface area (TPSA) is 164 Å². The van der Waals surface area contributed by atoms with Crippen molar-refractivity contribution in [1.29, 1.82) is 5.26 Å². The number of hydrogen-bond acceptors (Lipinski definition) is 9. The smallest absolute Gasteiger partial charge is 0.188 e. The molecular formula is C12H19NO8. The standard InChI is InChI=1S/C12H19NO8/c13-4-12(2-1-5(15)10(12)19)21-11-9(18)8(17)7(16)6(3-14)20-11/h5-11,14-19H,1-3H2/t5-,6+,7+,8-,9+,10+,11-,12-/m0/s1. The van der Waals surface area contributed by atoms with E-state index in [1.807, 2.05) is 0 Å². The number of nitriles is 1. The number of hydrogen-bond donors (Lipinski definition) is 6. The van der Waals surface area contributed by atoms with Gasteiger partial charge in [-0.3, -0.25) is 0 Å². The Bertz CT molecular complexity index is 413. The molecule has 9 nitrogen and oxygen atoms in total. The molecule has 0 radical (unpaired) electrons. The molecule has 0 aromatic carbocycles. The van der Waals surface area contributed by atoms with Crippen molar-refractivity contribution >= 4 is 0 Å². The van der Waals surface area contributed by atoms with E-state index < -0.39 is 55.1 Å². The quantitative estimate of drug-likeness (QED) is 0.311. The van der Waals surface area contributed by atoms with Crippen LogP contribution in [0.25, 0.3) is 0 Å². The van der Waals surface area contributed by atoms with Crippen LogP contribution in [-0.2, 0) is 9.47 Å². The molecular weight excluding hydrogens is 286 g/mol. The van der Waals surface area contributed by atoms with Crippen molar-refractivity contribution in [3.8, 4) is 6.07 Å². The summed E-state index contributed by atoms with van der Waals surface area (Å²) in [5, 5.41) is 66.8. The molecule has 0 unspecified atom stereocenters. The Morgan fingerprint density at radius 2 is 1.81 bits per heavy atom. The first-order valence-electron chi connectivity index (χ1n) is 6.62. The molecule has 0 amide bonds. The van der Waals surface area contributed by atoms with Gasteiger partial charge in [0.2, 0.25) is 0 Å². The molecule has 0 aromatic rings. The molecule has 0 bridgehead atoms. The molecule has 1 saturated carbocycles. The Balaban J connectivity index is 2.16. The lowest BCUT2D eigenvalue weighted by atomic mass is 9.97. The molecule has 1 heterocycles. The van der Waals surface area contributed by atoms with E-state index in [2.05, 4.69) is 0 Å². The van der Waals surface area contributed by atoms with Gasteiger partial charge in [-0.1, -0.05) is 0 Å². The first kappa shape index (κ1) is 16.5. The fourth-order valence-corrected chi connectivity index (χ4v) is 2.63. The number of rotatable bonds is 3. The van der Waals surface area contributed by atoms with Gasteiger partial charge < -0.3 is 40.1 Å². The van der Waals surface area contributed by atoms with Crippen molar-refractivity contribution in [1.82, 2.24) is 0 Å². The molecule has 1 saturated heterocycles. The van der Waals surface area contributed by atoms with E-state index in [1.54, 1.807) is 6.07 Å². The Labute approximate surface area is 120 Å². The largest absolute Gasteiger partial charge is 0.394 e. The lowest BCUT2D eigenvalue weighted by Crippen LogP contribution is -2.61. The highest BCUT2D eigenvalue weighted by Crippen LogP contribution is 2.36. The first-order chi connectivity index (χ1) is 9.86. The summed E-state index contributed by atoms with van der Waals surface area (Å²) in [5.41, 5.74) is -1.78. The van der Waals surface area contributed by atoms with Crippen LogP contribution >= 0.6 is 0 Å². The van der Waals surface area contributed by atoms with Gasteiger partial charge in [-0.2, -0.15) is 5.26 Å². The monoisotopic (exact) mass is 305 g/mol. The molecule has 0 aromatic heterocycles. The van der Waals surface area contributed by atoms with Crippen LogP contribution in [0.3, 0.4) is 0 Å². The summed E-state index contributed by atoms with van der Waals surface area (Å²) >= 11 is 0. The lowest BCUT2D eigenvalue weighted by molar-refractivity contribution is -0.326. The van der Waals surface area contributed by atoms with Crippen LogP contribution in [0.5, 0.6) is 0 Å². The fourth-order valence-electron chi connectivity index (χ4n) is 2.63. The Morgan fingerprint density at radius 3 is 2.29 bits per heavy atom. The van der Waals surface area contributed by atoms with E-state index in [9.17, 15) is 30.8 Å². The summed E-state index contributed by atoms with van der Waals surface area (Å²) in [6.07, 6.45) is -10.0. The molecule has 1 aliphatic carbocycles. The van der Waals surface area contributed by atoms with Gasteiger partial charge in [0.05, 0.1) is 12.7 Å². The number of aliphatic hydroxyl groups excluding tert-OH is 6. The second-order valence-corrected chi connectivity index (χ2v) is 5.37. The van der Waals surface area contributed by atoms with Gasteiger partial charge in [-0.15, -0.1) is 0 Å². The Morgan fingerprint density at radius 1 is 1.14 bits per heavy atom. The van der Waals surface area contributed by atoms with Crippen molar-refractivity contribution < 1.29 is 40.1 Å². The van der Waals surface area contributed by atoms with Crippen LogP contribution in [0.15, 0.2) is 0 Å². The third kappa shape index (κ3) is 2.77.